The highest BCUT2D eigenvalue weighted by Crippen LogP contribution is 2.34. The zero-order chi connectivity index (χ0) is 24.2. The average molecular weight is 472 g/mol. The van der Waals surface area contributed by atoms with Gasteiger partial charge in [0.2, 0.25) is 5.91 Å². The summed E-state index contributed by atoms with van der Waals surface area (Å²) in [6.45, 7) is 13.0. The third kappa shape index (κ3) is 6.28. The summed E-state index contributed by atoms with van der Waals surface area (Å²) in [6, 6.07) is 9.61. The first-order valence-electron chi connectivity index (χ1n) is 11.7. The predicted molar refractivity (Wildman–Crippen MR) is 134 cm³/mol. The number of rotatable bonds is 7. The number of thiophene rings is 1. The van der Waals surface area contributed by atoms with E-state index >= 15 is 0 Å². The first kappa shape index (κ1) is 25.1. The lowest BCUT2D eigenvalue weighted by Gasteiger charge is -2.38. The molecule has 0 saturated heterocycles. The number of carbonyl (C=O) groups is 2. The first-order chi connectivity index (χ1) is 15.6. The molecule has 0 bridgehead atoms. The molecule has 2 heterocycles. The van der Waals surface area contributed by atoms with Crippen LogP contribution in [-0.2, 0) is 11.2 Å². The number of benzene rings is 1. The Kier molecular flexibility index (Phi) is 8.05. The molecule has 0 spiro atoms. The quantitative estimate of drug-likeness (QED) is 0.606. The summed E-state index contributed by atoms with van der Waals surface area (Å²) in [5.74, 6) is 0.785. The topological polar surface area (TPSA) is 61.9 Å². The van der Waals surface area contributed by atoms with Gasteiger partial charge < -0.3 is 19.9 Å². The number of amides is 3. The molecule has 0 aliphatic carbocycles. The lowest BCUT2D eigenvalue weighted by Crippen LogP contribution is -2.55. The Hall–Kier alpha value is -2.54. The van der Waals surface area contributed by atoms with Crippen molar-refractivity contribution in [3.63, 3.8) is 0 Å². The molecule has 1 aromatic heterocycles. The number of nitrogens with one attached hydrogen (secondary N) is 1. The fraction of sp³-hybridized carbons (Fsp3) is 0.538. The summed E-state index contributed by atoms with van der Waals surface area (Å²) in [4.78, 5) is 31.4. The smallest absolute Gasteiger partial charge is 0.318 e. The van der Waals surface area contributed by atoms with Crippen molar-refractivity contribution >= 4 is 23.3 Å². The molecule has 1 N–H and O–H groups in total. The highest BCUT2D eigenvalue weighted by molar-refractivity contribution is 7.10. The summed E-state index contributed by atoms with van der Waals surface area (Å²) in [7, 11) is 0. The highest BCUT2D eigenvalue weighted by Gasteiger charge is 2.34. The molecule has 0 fully saturated rings. The Balaban J connectivity index is 1.80. The SMILES string of the molecule is CC[C@H](C)N(CC(=O)N1CCc2sccc2[C@H]1COc1ccccc1C)C(=O)NC(C)(C)C. The lowest BCUT2D eigenvalue weighted by molar-refractivity contribution is -0.136. The Morgan fingerprint density at radius 3 is 2.67 bits per heavy atom. The maximum atomic E-state index is 13.6. The fourth-order valence-corrected chi connectivity index (χ4v) is 4.97. The summed E-state index contributed by atoms with van der Waals surface area (Å²) in [5, 5.41) is 5.10. The van der Waals surface area contributed by atoms with Crippen LogP contribution in [0.3, 0.4) is 0 Å². The average Bonchev–Trinajstić information content (AvgIpc) is 3.24. The van der Waals surface area contributed by atoms with Crippen molar-refractivity contribution in [1.82, 2.24) is 15.1 Å². The van der Waals surface area contributed by atoms with Gasteiger partial charge in [-0.1, -0.05) is 25.1 Å². The van der Waals surface area contributed by atoms with Crippen molar-refractivity contribution in [2.45, 2.75) is 72.0 Å². The van der Waals surface area contributed by atoms with Gasteiger partial charge in [0.1, 0.15) is 18.9 Å². The number of para-hydroxylation sites is 1. The van der Waals surface area contributed by atoms with Crippen LogP contribution in [0.15, 0.2) is 35.7 Å². The van der Waals surface area contributed by atoms with Gasteiger partial charge in [0.05, 0.1) is 6.04 Å². The van der Waals surface area contributed by atoms with Crippen molar-refractivity contribution < 1.29 is 14.3 Å². The van der Waals surface area contributed by atoms with Gasteiger partial charge in [0.15, 0.2) is 0 Å². The van der Waals surface area contributed by atoms with Crippen LogP contribution in [0.2, 0.25) is 0 Å². The second-order valence-corrected chi connectivity index (χ2v) is 10.8. The standard InChI is InChI=1S/C26H37N3O3S/c1-7-19(3)29(25(31)27-26(4,5)6)16-24(30)28-14-12-23-20(13-15-33-23)21(28)17-32-22-11-9-8-10-18(22)2/h8-11,13,15,19,21H,7,12,14,16-17H2,1-6H3,(H,27,31)/t19-,21+/m0/s1. The van der Waals surface area contributed by atoms with Gasteiger partial charge >= 0.3 is 6.03 Å². The van der Waals surface area contributed by atoms with Crippen molar-refractivity contribution in [3.05, 3.63) is 51.7 Å². The molecule has 180 valence electrons. The van der Waals surface area contributed by atoms with E-state index in [1.165, 1.54) is 4.88 Å². The maximum Gasteiger partial charge on any atom is 0.318 e. The molecule has 1 aliphatic heterocycles. The molecule has 1 aliphatic rings. The number of aryl methyl sites for hydroxylation is 1. The van der Waals surface area contributed by atoms with Crippen LogP contribution in [0.5, 0.6) is 5.75 Å². The van der Waals surface area contributed by atoms with E-state index in [0.717, 1.165) is 29.7 Å². The molecular weight excluding hydrogens is 434 g/mol. The molecule has 3 rings (SSSR count). The minimum absolute atomic E-state index is 0.0422. The van der Waals surface area contributed by atoms with E-state index < -0.39 is 0 Å². The summed E-state index contributed by atoms with van der Waals surface area (Å²) in [6.07, 6.45) is 1.61. The van der Waals surface area contributed by atoms with E-state index in [-0.39, 0.29) is 36.1 Å². The number of urea groups is 1. The van der Waals surface area contributed by atoms with Crippen LogP contribution in [0, 0.1) is 6.92 Å². The molecule has 6 nitrogen and oxygen atoms in total. The molecule has 7 heteroatoms. The Morgan fingerprint density at radius 2 is 2.00 bits per heavy atom. The third-order valence-corrected chi connectivity index (χ3v) is 7.07. The van der Waals surface area contributed by atoms with E-state index in [1.54, 1.807) is 16.2 Å². The zero-order valence-corrected chi connectivity index (χ0v) is 21.5. The van der Waals surface area contributed by atoms with Crippen molar-refractivity contribution in [2.24, 2.45) is 0 Å². The summed E-state index contributed by atoms with van der Waals surface area (Å²) in [5.41, 5.74) is 1.85. The van der Waals surface area contributed by atoms with Gasteiger partial charge in [0, 0.05) is 23.0 Å². The van der Waals surface area contributed by atoms with Gasteiger partial charge in [-0.3, -0.25) is 4.79 Å². The van der Waals surface area contributed by atoms with Gasteiger partial charge in [-0.05, 0) is 76.1 Å². The first-order valence-corrected chi connectivity index (χ1v) is 12.6. The van der Waals surface area contributed by atoms with Crippen LogP contribution in [0.25, 0.3) is 0 Å². The van der Waals surface area contributed by atoms with Gasteiger partial charge in [0.25, 0.3) is 0 Å². The van der Waals surface area contributed by atoms with E-state index in [9.17, 15) is 9.59 Å². The highest BCUT2D eigenvalue weighted by atomic mass is 32.1. The van der Waals surface area contributed by atoms with Crippen LogP contribution in [0.1, 0.15) is 63.1 Å². The number of hydrogen-bond acceptors (Lipinski definition) is 4. The van der Waals surface area contributed by atoms with E-state index in [0.29, 0.717) is 13.2 Å². The molecule has 0 saturated carbocycles. The number of fused-ring (bicyclic) bond motifs is 1. The van der Waals surface area contributed by atoms with Gasteiger partial charge in [-0.2, -0.15) is 0 Å². The maximum absolute atomic E-state index is 13.6. The molecule has 1 aromatic carbocycles. The fourth-order valence-electron chi connectivity index (χ4n) is 4.04. The lowest BCUT2D eigenvalue weighted by atomic mass is 10.00. The van der Waals surface area contributed by atoms with E-state index in [2.05, 4.69) is 16.8 Å². The molecule has 33 heavy (non-hydrogen) atoms. The molecule has 0 radical (unpaired) electrons. The molecule has 0 unspecified atom stereocenters. The Morgan fingerprint density at radius 1 is 1.27 bits per heavy atom. The number of ether oxygens (including phenoxy) is 1. The second-order valence-electron chi connectivity index (χ2n) is 9.79. The van der Waals surface area contributed by atoms with Crippen molar-refractivity contribution in [2.75, 3.05) is 19.7 Å². The summed E-state index contributed by atoms with van der Waals surface area (Å²) < 4.78 is 6.19. The zero-order valence-electron chi connectivity index (χ0n) is 20.7. The molecule has 3 amide bonds. The number of nitrogens with zero attached hydrogens (tertiary/aromatic N) is 2. The van der Waals surface area contributed by atoms with Crippen LogP contribution >= 0.6 is 11.3 Å². The van der Waals surface area contributed by atoms with Gasteiger partial charge in [-0.15, -0.1) is 11.3 Å². The third-order valence-electron chi connectivity index (χ3n) is 6.08. The monoisotopic (exact) mass is 471 g/mol. The van der Waals surface area contributed by atoms with Gasteiger partial charge in [-0.25, -0.2) is 4.79 Å². The normalized spacial score (nSPS) is 16.7. The predicted octanol–water partition coefficient (Wildman–Crippen LogP) is 5.17. The second kappa shape index (κ2) is 10.6. The minimum Gasteiger partial charge on any atom is -0.491 e. The Bertz CT molecular complexity index is 966. The van der Waals surface area contributed by atoms with Crippen LogP contribution < -0.4 is 10.1 Å². The van der Waals surface area contributed by atoms with Crippen molar-refractivity contribution in [1.29, 1.82) is 0 Å². The van der Waals surface area contributed by atoms with Crippen molar-refractivity contribution in [3.8, 4) is 5.75 Å². The molecular formula is C26H37N3O3S. The van der Waals surface area contributed by atoms with Crippen LogP contribution in [0.4, 0.5) is 4.79 Å². The molecule has 2 aromatic rings. The largest absolute Gasteiger partial charge is 0.491 e. The van der Waals surface area contributed by atoms with Crippen LogP contribution in [-0.4, -0.2) is 53.0 Å². The summed E-state index contributed by atoms with van der Waals surface area (Å²) >= 11 is 1.73. The van der Waals surface area contributed by atoms with E-state index in [1.807, 2.05) is 70.7 Å². The minimum atomic E-state index is -0.369. The Labute approximate surface area is 201 Å². The number of carbonyl (C=O) groups excluding carboxylic acids is 2. The molecule has 2 atom stereocenters. The number of hydrogen-bond donors (Lipinski definition) is 1. The van der Waals surface area contributed by atoms with E-state index in [4.69, 9.17) is 4.74 Å².